The van der Waals surface area contributed by atoms with Crippen LogP contribution in [-0.4, -0.2) is 48.0 Å². The van der Waals surface area contributed by atoms with Crippen LogP contribution in [0.25, 0.3) is 0 Å². The van der Waals surface area contributed by atoms with Crippen LogP contribution in [0.4, 0.5) is 0 Å². The predicted octanol–water partition coefficient (Wildman–Crippen LogP) is 1.16. The monoisotopic (exact) mass is 317 g/mol. The number of fused-ring (bicyclic) bond motifs is 1. The van der Waals surface area contributed by atoms with Gasteiger partial charge >= 0.3 is 5.97 Å². The van der Waals surface area contributed by atoms with Crippen molar-refractivity contribution in [3.63, 3.8) is 0 Å². The molecule has 0 fully saturated rings. The number of nitrogens with zero attached hydrogens (tertiary/aromatic N) is 5. The number of carboxylic acid groups (broad SMARTS) is 1. The molecule has 1 aliphatic rings. The average molecular weight is 317 g/mol. The molecule has 0 spiro atoms. The van der Waals surface area contributed by atoms with Crippen molar-refractivity contribution < 1.29 is 14.7 Å². The van der Waals surface area contributed by atoms with Gasteiger partial charge in [0.15, 0.2) is 5.69 Å². The molecule has 8 heteroatoms. The zero-order valence-electron chi connectivity index (χ0n) is 12.9. The van der Waals surface area contributed by atoms with Gasteiger partial charge in [0.25, 0.3) is 0 Å². The fourth-order valence-corrected chi connectivity index (χ4v) is 2.91. The van der Waals surface area contributed by atoms with Crippen LogP contribution >= 0.6 is 0 Å². The molecule has 0 unspecified atom stereocenters. The first kappa shape index (κ1) is 15.3. The molecular formula is C15H19N5O3. The summed E-state index contributed by atoms with van der Waals surface area (Å²) in [5, 5.41) is 17.3. The third-order valence-corrected chi connectivity index (χ3v) is 4.06. The molecule has 3 rings (SSSR count). The Kier molecular flexibility index (Phi) is 4.14. The molecule has 2 aromatic heterocycles. The van der Waals surface area contributed by atoms with Gasteiger partial charge in [0.2, 0.25) is 5.91 Å². The van der Waals surface area contributed by atoms with E-state index in [0.717, 1.165) is 12.1 Å². The highest BCUT2D eigenvalue weighted by Crippen LogP contribution is 2.19. The van der Waals surface area contributed by atoms with Gasteiger partial charge in [-0.2, -0.15) is 10.2 Å². The predicted molar refractivity (Wildman–Crippen MR) is 80.8 cm³/mol. The number of rotatable bonds is 4. The van der Waals surface area contributed by atoms with E-state index in [4.69, 9.17) is 5.11 Å². The molecule has 0 saturated carbocycles. The maximum absolute atomic E-state index is 12.9. The van der Waals surface area contributed by atoms with Crippen molar-refractivity contribution in [2.24, 2.45) is 0 Å². The van der Waals surface area contributed by atoms with Crippen molar-refractivity contribution in [3.8, 4) is 0 Å². The first-order valence-corrected chi connectivity index (χ1v) is 7.68. The lowest BCUT2D eigenvalue weighted by Gasteiger charge is -2.25. The van der Waals surface area contributed by atoms with E-state index in [1.807, 2.05) is 6.92 Å². The van der Waals surface area contributed by atoms with Gasteiger partial charge in [0.1, 0.15) is 6.04 Å². The molecule has 8 nitrogen and oxygen atoms in total. The van der Waals surface area contributed by atoms with E-state index >= 15 is 0 Å². The number of carbonyl (C=O) groups is 2. The molecule has 2 aromatic rings. The Labute approximate surface area is 133 Å². The summed E-state index contributed by atoms with van der Waals surface area (Å²) in [4.78, 5) is 25.7. The van der Waals surface area contributed by atoms with Gasteiger partial charge in [-0.15, -0.1) is 0 Å². The van der Waals surface area contributed by atoms with Gasteiger partial charge in [-0.1, -0.05) is 6.92 Å². The van der Waals surface area contributed by atoms with Crippen molar-refractivity contribution in [2.75, 3.05) is 6.54 Å². The van der Waals surface area contributed by atoms with E-state index < -0.39 is 5.97 Å². The van der Waals surface area contributed by atoms with Crippen LogP contribution < -0.4 is 0 Å². The molecule has 1 aliphatic heterocycles. The van der Waals surface area contributed by atoms with Gasteiger partial charge < -0.3 is 10.0 Å². The lowest BCUT2D eigenvalue weighted by molar-refractivity contribution is -0.135. The molecular weight excluding hydrogens is 298 g/mol. The highest BCUT2D eigenvalue weighted by Gasteiger charge is 2.27. The van der Waals surface area contributed by atoms with Crippen LogP contribution in [0, 0.1) is 0 Å². The first-order valence-electron chi connectivity index (χ1n) is 7.68. The number of aromatic nitrogens is 4. The minimum atomic E-state index is -1.05. The Morgan fingerprint density at radius 2 is 2.22 bits per heavy atom. The van der Waals surface area contributed by atoms with Crippen LogP contribution in [0.2, 0.25) is 0 Å². The van der Waals surface area contributed by atoms with Crippen molar-refractivity contribution >= 4 is 11.9 Å². The van der Waals surface area contributed by atoms with E-state index in [0.29, 0.717) is 26.1 Å². The van der Waals surface area contributed by atoms with E-state index in [9.17, 15) is 9.59 Å². The van der Waals surface area contributed by atoms with Gasteiger partial charge in [-0.3, -0.25) is 14.2 Å². The highest BCUT2D eigenvalue weighted by molar-refractivity contribution is 5.85. The quantitative estimate of drug-likeness (QED) is 0.913. The minimum Gasteiger partial charge on any atom is -0.476 e. The summed E-state index contributed by atoms with van der Waals surface area (Å²) in [7, 11) is 0. The zero-order valence-corrected chi connectivity index (χ0v) is 12.9. The average Bonchev–Trinajstić information content (AvgIpc) is 3.14. The van der Waals surface area contributed by atoms with Crippen molar-refractivity contribution in [3.05, 3.63) is 35.9 Å². The first-order chi connectivity index (χ1) is 11.1. The smallest absolute Gasteiger partial charge is 0.356 e. The second-order valence-corrected chi connectivity index (χ2v) is 5.57. The van der Waals surface area contributed by atoms with Gasteiger partial charge in [-0.05, 0) is 25.0 Å². The lowest BCUT2D eigenvalue weighted by atomic mass is 10.2. The van der Waals surface area contributed by atoms with E-state index in [1.54, 1.807) is 38.8 Å². The molecule has 1 atom stereocenters. The lowest BCUT2D eigenvalue weighted by Crippen LogP contribution is -2.37. The van der Waals surface area contributed by atoms with Crippen molar-refractivity contribution in [2.45, 2.75) is 38.9 Å². The van der Waals surface area contributed by atoms with Gasteiger partial charge in [-0.25, -0.2) is 4.79 Å². The summed E-state index contributed by atoms with van der Waals surface area (Å²) in [6, 6.07) is 3.01. The Morgan fingerprint density at radius 3 is 2.87 bits per heavy atom. The molecule has 122 valence electrons. The maximum atomic E-state index is 12.9. The number of aryl methyl sites for hydroxylation is 1. The Hall–Kier alpha value is -2.64. The maximum Gasteiger partial charge on any atom is 0.356 e. The molecule has 3 heterocycles. The normalized spacial score (nSPS) is 15.8. The number of hydrogen-bond acceptors (Lipinski definition) is 4. The standard InChI is InChI=1S/C15H19N5O3/c1-2-13(20-7-3-5-16-20)14(21)18-6-4-8-19-11(10-18)9-12(17-19)15(22)23/h3,5,7,9,13H,2,4,6,8,10H2,1H3,(H,22,23)/t13-/m1/s1. The van der Waals surface area contributed by atoms with Crippen LogP contribution in [-0.2, 0) is 17.9 Å². The van der Waals surface area contributed by atoms with Crippen molar-refractivity contribution in [1.29, 1.82) is 0 Å². The number of carbonyl (C=O) groups excluding carboxylic acids is 1. The Morgan fingerprint density at radius 1 is 1.39 bits per heavy atom. The summed E-state index contributed by atoms with van der Waals surface area (Å²) in [6.45, 7) is 3.57. The Balaban J connectivity index is 1.82. The number of amides is 1. The second kappa shape index (κ2) is 6.23. The topological polar surface area (TPSA) is 93.3 Å². The van der Waals surface area contributed by atoms with Crippen molar-refractivity contribution in [1.82, 2.24) is 24.5 Å². The van der Waals surface area contributed by atoms with E-state index in [-0.39, 0.29) is 17.6 Å². The highest BCUT2D eigenvalue weighted by atomic mass is 16.4. The number of hydrogen-bond donors (Lipinski definition) is 1. The van der Waals surface area contributed by atoms with Crippen LogP contribution in [0.3, 0.4) is 0 Å². The third-order valence-electron chi connectivity index (χ3n) is 4.06. The third kappa shape index (κ3) is 2.96. The fourth-order valence-electron chi connectivity index (χ4n) is 2.91. The zero-order chi connectivity index (χ0) is 16.4. The van der Waals surface area contributed by atoms with Gasteiger partial charge in [0.05, 0.1) is 12.2 Å². The Bertz CT molecular complexity index is 707. The summed E-state index contributed by atoms with van der Waals surface area (Å²) >= 11 is 0. The molecule has 0 aromatic carbocycles. The van der Waals surface area contributed by atoms with Crippen LogP contribution in [0.1, 0.15) is 42.0 Å². The molecule has 1 N–H and O–H groups in total. The number of aromatic carboxylic acids is 1. The fraction of sp³-hybridized carbons (Fsp3) is 0.467. The summed E-state index contributed by atoms with van der Waals surface area (Å²) < 4.78 is 3.36. The summed E-state index contributed by atoms with van der Waals surface area (Å²) in [5.41, 5.74) is 0.775. The largest absolute Gasteiger partial charge is 0.476 e. The van der Waals surface area contributed by atoms with E-state index in [1.165, 1.54) is 0 Å². The van der Waals surface area contributed by atoms with Crippen LogP contribution in [0.15, 0.2) is 24.5 Å². The number of carboxylic acids is 1. The summed E-state index contributed by atoms with van der Waals surface area (Å²) in [6.07, 6.45) is 4.84. The van der Waals surface area contributed by atoms with E-state index in [2.05, 4.69) is 10.2 Å². The van der Waals surface area contributed by atoms with Gasteiger partial charge in [0, 0.05) is 25.5 Å². The minimum absolute atomic E-state index is 0.00252. The van der Waals surface area contributed by atoms with Crippen LogP contribution in [0.5, 0.6) is 0 Å². The second-order valence-electron chi connectivity index (χ2n) is 5.57. The molecule has 0 bridgehead atoms. The molecule has 0 radical (unpaired) electrons. The molecule has 23 heavy (non-hydrogen) atoms. The summed E-state index contributed by atoms with van der Waals surface area (Å²) in [5.74, 6) is -1.05. The SMILES string of the molecule is CC[C@H](C(=O)N1CCCn2nc(C(=O)O)cc2C1)n1cccn1. The molecule has 1 amide bonds. The molecule has 0 aliphatic carbocycles. The molecule has 0 saturated heterocycles.